The Hall–Kier alpha value is 3.27. The van der Waals surface area contributed by atoms with Crippen molar-refractivity contribution in [1.29, 1.82) is 0 Å². The normalized spacial score (nSPS) is 35.3. The van der Waals surface area contributed by atoms with Crippen LogP contribution >= 0.6 is 67.7 Å². The molecule has 0 unspecified atom stereocenters. The van der Waals surface area contributed by atoms with Crippen LogP contribution in [0.4, 0.5) is 0 Å². The van der Waals surface area contributed by atoms with Crippen LogP contribution in [0.15, 0.2) is 0 Å². The summed E-state index contributed by atoms with van der Waals surface area (Å²) in [5.74, 6) is 0. The van der Waals surface area contributed by atoms with Crippen molar-refractivity contribution in [2.75, 3.05) is 0 Å². The van der Waals surface area contributed by atoms with Crippen LogP contribution in [0.5, 0.6) is 0 Å². The van der Waals surface area contributed by atoms with Gasteiger partial charge in [0.05, 0.1) is 0 Å². The summed E-state index contributed by atoms with van der Waals surface area (Å²) in [6.07, 6.45) is 3.88. The zero-order valence-electron chi connectivity index (χ0n) is 5.90. The van der Waals surface area contributed by atoms with Gasteiger partial charge in [-0.15, -0.1) is 0 Å². The van der Waals surface area contributed by atoms with E-state index in [4.69, 9.17) is 11.6 Å². The Morgan fingerprint density at radius 2 is 1.64 bits per heavy atom. The Morgan fingerprint density at radius 3 is 2.00 bits per heavy atom. The Kier molecular flexibility index (Phi) is 6.04. The maximum atomic E-state index is 6.30. The van der Waals surface area contributed by atoms with Crippen molar-refractivity contribution in [3.8, 4) is 0 Å². The third kappa shape index (κ3) is 4.10. The van der Waals surface area contributed by atoms with Crippen molar-refractivity contribution in [3.05, 3.63) is 0 Å². The first-order chi connectivity index (χ1) is 5.02. The van der Waals surface area contributed by atoms with Gasteiger partial charge in [0.1, 0.15) is 0 Å². The zero-order valence-corrected chi connectivity index (χ0v) is 15.5. The summed E-state index contributed by atoms with van der Waals surface area (Å²) >= 11 is 14.4. The summed E-state index contributed by atoms with van der Waals surface area (Å²) in [6.45, 7) is 0. The summed E-state index contributed by atoms with van der Waals surface area (Å²) in [5.41, 5.74) is 0. The minimum absolute atomic E-state index is 0.496. The summed E-state index contributed by atoms with van der Waals surface area (Å²) in [5, 5.41) is 0.496. The van der Waals surface area contributed by atoms with Crippen LogP contribution in [0.1, 0.15) is 25.7 Å². The average Bonchev–Trinajstić information content (AvgIpc) is 1.86. The van der Waals surface area contributed by atoms with Crippen LogP contribution in [0.2, 0.25) is 3.97 Å². The molecule has 0 spiro atoms. The molecule has 68 valence electrons. The van der Waals surface area contributed by atoms with E-state index >= 15 is 0 Å². The Labute approximate surface area is 107 Å². The van der Waals surface area contributed by atoms with Gasteiger partial charge in [0.15, 0.2) is 0 Å². The van der Waals surface area contributed by atoms with Crippen molar-refractivity contribution in [3.63, 3.8) is 0 Å². The SMILES string of the molecule is Cl[C@H]1CCCC[C@@H]1[Te](I)(I)I. The van der Waals surface area contributed by atoms with E-state index < -0.39 is 6.35 Å². The van der Waals surface area contributed by atoms with Crippen LogP contribution in [0, 0.1) is 0 Å². The molecule has 1 aliphatic carbocycles. The molecule has 0 aromatic carbocycles. The standard InChI is InChI=1S/C6H10ClI3Te/c7-5-3-1-2-4-6(5)11(8,9)10/h5-6H,1-4H2/t5-,6-/m0/s1. The van der Waals surface area contributed by atoms with E-state index in [2.05, 4.69) is 56.1 Å². The fraction of sp³-hybridized carbons (Fsp3) is 1.00. The topological polar surface area (TPSA) is 0 Å². The van der Waals surface area contributed by atoms with Gasteiger partial charge in [0.25, 0.3) is 0 Å². The third-order valence-corrected chi connectivity index (χ3v) is 19.7. The molecule has 0 radical (unpaired) electrons. The van der Waals surface area contributed by atoms with Crippen LogP contribution < -0.4 is 0 Å². The second kappa shape index (κ2) is 5.38. The van der Waals surface area contributed by atoms with Gasteiger partial charge < -0.3 is 0 Å². The molecule has 1 aliphatic rings. The number of halogens is 4. The van der Waals surface area contributed by atoms with Gasteiger partial charge in [-0.3, -0.25) is 0 Å². The summed E-state index contributed by atoms with van der Waals surface area (Å²) in [4.78, 5) is 0. The van der Waals surface area contributed by atoms with Gasteiger partial charge in [-0.25, -0.2) is 0 Å². The molecular formula is C6H10ClI3Te. The zero-order chi connectivity index (χ0) is 8.48. The van der Waals surface area contributed by atoms with E-state index in [0.29, 0.717) is 5.38 Å². The van der Waals surface area contributed by atoms with Crippen LogP contribution in [-0.2, 0) is 0 Å². The van der Waals surface area contributed by atoms with Gasteiger partial charge in [-0.1, -0.05) is 0 Å². The molecule has 0 aliphatic heterocycles. The molecule has 1 saturated carbocycles. The van der Waals surface area contributed by atoms with Crippen molar-refractivity contribution < 1.29 is 0 Å². The number of rotatable bonds is 1. The predicted octanol–water partition coefficient (Wildman–Crippen LogP) is 4.78. The first-order valence-electron chi connectivity index (χ1n) is 3.57. The van der Waals surface area contributed by atoms with Crippen molar-refractivity contribution in [2.24, 2.45) is 0 Å². The van der Waals surface area contributed by atoms with Gasteiger partial charge in [-0.2, -0.15) is 0 Å². The van der Waals surface area contributed by atoms with Crippen molar-refractivity contribution in [2.45, 2.75) is 35.0 Å². The van der Waals surface area contributed by atoms with Gasteiger partial charge in [0, 0.05) is 0 Å². The van der Waals surface area contributed by atoms with Crippen LogP contribution in [0.3, 0.4) is 0 Å². The molecular weight excluding hydrogens is 616 g/mol. The van der Waals surface area contributed by atoms with Crippen molar-refractivity contribution >= 4 is 74.0 Å². The van der Waals surface area contributed by atoms with E-state index in [1.807, 2.05) is 0 Å². The molecule has 11 heavy (non-hydrogen) atoms. The Balaban J connectivity index is 2.55. The van der Waals surface area contributed by atoms with E-state index in [1.54, 1.807) is 0 Å². The molecule has 0 aromatic heterocycles. The summed E-state index contributed by atoms with van der Waals surface area (Å²) in [6, 6.07) is 0. The molecule has 0 saturated heterocycles. The molecule has 0 aromatic rings. The van der Waals surface area contributed by atoms with Gasteiger partial charge in [0.2, 0.25) is 0 Å². The van der Waals surface area contributed by atoms with Crippen LogP contribution in [-0.4, -0.2) is 11.7 Å². The quantitative estimate of drug-likeness (QED) is 0.224. The Bertz CT molecular complexity index is 136. The number of hydrogen-bond acceptors (Lipinski definition) is 0. The third-order valence-electron chi connectivity index (χ3n) is 1.97. The molecule has 2 atom stereocenters. The molecule has 1 fully saturated rings. The van der Waals surface area contributed by atoms with E-state index in [9.17, 15) is 0 Å². The maximum absolute atomic E-state index is 6.30. The fourth-order valence-corrected chi connectivity index (χ4v) is 21.0. The molecule has 0 heterocycles. The van der Waals surface area contributed by atoms with E-state index in [0.717, 1.165) is 3.97 Å². The summed E-state index contributed by atoms with van der Waals surface area (Å²) in [7, 11) is 0. The second-order valence-electron chi connectivity index (χ2n) is 2.78. The molecule has 0 N–H and O–H groups in total. The number of hydrogen-bond donors (Lipinski definition) is 0. The molecule has 0 amide bonds. The Morgan fingerprint density at radius 1 is 1.09 bits per heavy atom. The van der Waals surface area contributed by atoms with Crippen LogP contribution in [0.25, 0.3) is 0 Å². The molecule has 5 heteroatoms. The fourth-order valence-electron chi connectivity index (χ4n) is 1.35. The van der Waals surface area contributed by atoms with Gasteiger partial charge >= 0.3 is 109 Å². The average molecular weight is 626 g/mol. The van der Waals surface area contributed by atoms with E-state index in [-0.39, 0.29) is 0 Å². The molecule has 0 bridgehead atoms. The molecule has 0 nitrogen and oxygen atoms in total. The van der Waals surface area contributed by atoms with Gasteiger partial charge in [-0.05, 0) is 0 Å². The molecule has 1 rings (SSSR count). The second-order valence-corrected chi connectivity index (χ2v) is 69.5. The van der Waals surface area contributed by atoms with E-state index in [1.165, 1.54) is 25.7 Å². The first-order valence-corrected chi connectivity index (χ1v) is 25.7. The van der Waals surface area contributed by atoms with Crippen molar-refractivity contribution in [1.82, 2.24) is 0 Å². The summed E-state index contributed by atoms with van der Waals surface area (Å²) < 4.78 is 0.884. The monoisotopic (exact) mass is 628 g/mol. The predicted molar refractivity (Wildman–Crippen MR) is 79.7 cm³/mol. The number of alkyl halides is 1. The minimum atomic E-state index is -1.54. The first kappa shape index (κ1) is 12.3.